The molecule has 2 aromatic rings. The summed E-state index contributed by atoms with van der Waals surface area (Å²) in [5.74, 6) is 1.93. The molecule has 1 saturated heterocycles. The van der Waals surface area contributed by atoms with E-state index < -0.39 is 0 Å². The van der Waals surface area contributed by atoms with Crippen molar-refractivity contribution < 1.29 is 19.0 Å². The molecule has 1 aliphatic rings. The van der Waals surface area contributed by atoms with E-state index in [0.29, 0.717) is 42.4 Å². The van der Waals surface area contributed by atoms with Gasteiger partial charge in [0.2, 0.25) is 0 Å². The molecule has 0 aliphatic carbocycles. The van der Waals surface area contributed by atoms with Gasteiger partial charge in [-0.25, -0.2) is 4.98 Å². The Morgan fingerprint density at radius 3 is 2.82 bits per heavy atom. The van der Waals surface area contributed by atoms with Crippen molar-refractivity contribution in [2.75, 3.05) is 39.2 Å². The summed E-state index contributed by atoms with van der Waals surface area (Å²) in [6.07, 6.45) is 4.72. The summed E-state index contributed by atoms with van der Waals surface area (Å²) in [6.45, 7) is 2.05. The number of carbonyl (C=O) groups excluding carboxylic acids is 1. The van der Waals surface area contributed by atoms with E-state index in [9.17, 15) is 4.79 Å². The monoisotopic (exact) mass is 385 g/mol. The quantitative estimate of drug-likeness (QED) is 0.691. The van der Waals surface area contributed by atoms with Crippen LogP contribution in [0.1, 0.15) is 28.8 Å². The Kier molecular flexibility index (Phi) is 7.08. The molecule has 1 fully saturated rings. The lowest BCUT2D eigenvalue weighted by Crippen LogP contribution is -2.26. The molecule has 0 bridgehead atoms. The summed E-state index contributed by atoms with van der Waals surface area (Å²) in [5.41, 5.74) is 1.64. The van der Waals surface area contributed by atoms with Crippen LogP contribution in [-0.2, 0) is 11.2 Å². The Morgan fingerprint density at radius 1 is 1.21 bits per heavy atom. The maximum Gasteiger partial charge on any atom is 0.251 e. The molecule has 1 aromatic carbocycles. The van der Waals surface area contributed by atoms with Crippen molar-refractivity contribution in [2.24, 2.45) is 0 Å². The van der Waals surface area contributed by atoms with Crippen LogP contribution in [0.4, 0.5) is 5.82 Å². The third-order valence-corrected chi connectivity index (χ3v) is 4.70. The number of anilines is 1. The highest BCUT2D eigenvalue weighted by Gasteiger charge is 2.15. The number of methoxy groups -OCH3 is 2. The second kappa shape index (κ2) is 9.94. The standard InChI is InChI=1S/C21H27N3O4/c1-26-18-6-5-15(12-19(18)27-2)7-9-23-21(25)16-8-10-22-20(13-16)24-14-17-4-3-11-28-17/h5-6,8,10,12-13,17H,3-4,7,9,11,14H2,1-2H3,(H,22,24)(H,23,25). The van der Waals surface area contributed by atoms with Gasteiger partial charge >= 0.3 is 0 Å². The normalized spacial score (nSPS) is 15.9. The number of aromatic nitrogens is 1. The number of carbonyl (C=O) groups is 1. The molecule has 0 saturated carbocycles. The number of rotatable bonds is 9. The van der Waals surface area contributed by atoms with Crippen LogP contribution in [0.2, 0.25) is 0 Å². The van der Waals surface area contributed by atoms with Crippen molar-refractivity contribution in [1.29, 1.82) is 0 Å². The van der Waals surface area contributed by atoms with Crippen LogP contribution in [0.3, 0.4) is 0 Å². The minimum absolute atomic E-state index is 0.122. The Balaban J connectivity index is 1.50. The predicted molar refractivity (Wildman–Crippen MR) is 107 cm³/mol. The van der Waals surface area contributed by atoms with Crippen LogP contribution in [0.25, 0.3) is 0 Å². The van der Waals surface area contributed by atoms with E-state index >= 15 is 0 Å². The highest BCUT2D eigenvalue weighted by molar-refractivity contribution is 5.94. The van der Waals surface area contributed by atoms with Gasteiger partial charge in [0, 0.05) is 31.5 Å². The lowest BCUT2D eigenvalue weighted by atomic mass is 10.1. The van der Waals surface area contributed by atoms with Gasteiger partial charge in [-0.05, 0) is 49.1 Å². The summed E-state index contributed by atoms with van der Waals surface area (Å²) >= 11 is 0. The molecule has 2 N–H and O–H groups in total. The Bertz CT molecular complexity index is 791. The van der Waals surface area contributed by atoms with Crippen molar-refractivity contribution in [3.63, 3.8) is 0 Å². The fourth-order valence-electron chi connectivity index (χ4n) is 3.15. The van der Waals surface area contributed by atoms with Gasteiger partial charge < -0.3 is 24.8 Å². The summed E-state index contributed by atoms with van der Waals surface area (Å²) in [7, 11) is 3.22. The lowest BCUT2D eigenvalue weighted by molar-refractivity contribution is 0.0954. The lowest BCUT2D eigenvalue weighted by Gasteiger charge is -2.12. The van der Waals surface area contributed by atoms with E-state index in [1.54, 1.807) is 32.5 Å². The molecule has 1 aromatic heterocycles. The van der Waals surface area contributed by atoms with Gasteiger partial charge in [0.15, 0.2) is 11.5 Å². The Labute approximate surface area is 165 Å². The second-order valence-electron chi connectivity index (χ2n) is 6.64. The highest BCUT2D eigenvalue weighted by Crippen LogP contribution is 2.27. The first kappa shape index (κ1) is 19.9. The molecule has 3 rings (SSSR count). The molecule has 2 heterocycles. The first-order valence-corrected chi connectivity index (χ1v) is 9.50. The largest absolute Gasteiger partial charge is 0.493 e. The van der Waals surface area contributed by atoms with Gasteiger partial charge in [-0.15, -0.1) is 0 Å². The second-order valence-corrected chi connectivity index (χ2v) is 6.64. The van der Waals surface area contributed by atoms with Crippen LogP contribution >= 0.6 is 0 Å². The van der Waals surface area contributed by atoms with Crippen LogP contribution in [0.5, 0.6) is 11.5 Å². The Morgan fingerprint density at radius 2 is 2.07 bits per heavy atom. The maximum atomic E-state index is 12.4. The molecular weight excluding hydrogens is 358 g/mol. The topological polar surface area (TPSA) is 81.7 Å². The summed E-state index contributed by atoms with van der Waals surface area (Å²) in [6, 6.07) is 9.23. The summed E-state index contributed by atoms with van der Waals surface area (Å²) in [4.78, 5) is 16.7. The first-order valence-electron chi connectivity index (χ1n) is 9.50. The van der Waals surface area contributed by atoms with Crippen LogP contribution in [-0.4, -0.2) is 50.9 Å². The first-order chi connectivity index (χ1) is 13.7. The molecule has 1 amide bonds. The predicted octanol–water partition coefficient (Wildman–Crippen LogP) is 2.66. The van der Waals surface area contributed by atoms with Gasteiger partial charge in [-0.1, -0.05) is 6.07 Å². The number of hydrogen-bond acceptors (Lipinski definition) is 6. The van der Waals surface area contributed by atoms with Gasteiger partial charge in [0.05, 0.1) is 20.3 Å². The van der Waals surface area contributed by atoms with E-state index in [4.69, 9.17) is 14.2 Å². The van der Waals surface area contributed by atoms with Gasteiger partial charge in [0.25, 0.3) is 5.91 Å². The smallest absolute Gasteiger partial charge is 0.251 e. The summed E-state index contributed by atoms with van der Waals surface area (Å²) in [5, 5.41) is 6.19. The van der Waals surface area contributed by atoms with E-state index in [0.717, 1.165) is 25.0 Å². The van der Waals surface area contributed by atoms with E-state index in [1.165, 1.54) is 0 Å². The van der Waals surface area contributed by atoms with Crippen LogP contribution < -0.4 is 20.1 Å². The number of benzene rings is 1. The molecule has 1 aliphatic heterocycles. The fraction of sp³-hybridized carbons (Fsp3) is 0.429. The van der Waals surface area contributed by atoms with Crippen molar-refractivity contribution in [3.05, 3.63) is 47.7 Å². The van der Waals surface area contributed by atoms with Crippen molar-refractivity contribution in [1.82, 2.24) is 10.3 Å². The van der Waals surface area contributed by atoms with E-state index in [-0.39, 0.29) is 12.0 Å². The number of hydrogen-bond donors (Lipinski definition) is 2. The minimum atomic E-state index is -0.122. The Hall–Kier alpha value is -2.80. The molecule has 7 heteroatoms. The SMILES string of the molecule is COc1ccc(CCNC(=O)c2ccnc(NCC3CCCO3)c2)cc1OC. The number of ether oxygens (including phenoxy) is 3. The molecule has 1 atom stereocenters. The minimum Gasteiger partial charge on any atom is -0.493 e. The van der Waals surface area contributed by atoms with Crippen molar-refractivity contribution >= 4 is 11.7 Å². The average Bonchev–Trinajstić information content (AvgIpc) is 3.26. The number of nitrogens with zero attached hydrogens (tertiary/aromatic N) is 1. The van der Waals surface area contributed by atoms with Gasteiger partial charge in [-0.3, -0.25) is 4.79 Å². The van der Waals surface area contributed by atoms with Crippen LogP contribution in [0.15, 0.2) is 36.5 Å². The van der Waals surface area contributed by atoms with E-state index in [2.05, 4.69) is 15.6 Å². The zero-order valence-electron chi connectivity index (χ0n) is 16.4. The zero-order chi connectivity index (χ0) is 19.8. The molecule has 7 nitrogen and oxygen atoms in total. The molecule has 1 unspecified atom stereocenters. The number of amides is 1. The maximum absolute atomic E-state index is 12.4. The van der Waals surface area contributed by atoms with Crippen LogP contribution in [0, 0.1) is 0 Å². The number of pyridine rings is 1. The van der Waals surface area contributed by atoms with Crippen molar-refractivity contribution in [2.45, 2.75) is 25.4 Å². The number of nitrogens with one attached hydrogen (secondary N) is 2. The third-order valence-electron chi connectivity index (χ3n) is 4.70. The van der Waals surface area contributed by atoms with Gasteiger partial charge in [0.1, 0.15) is 5.82 Å². The molecule has 28 heavy (non-hydrogen) atoms. The van der Waals surface area contributed by atoms with Gasteiger partial charge in [-0.2, -0.15) is 0 Å². The third kappa shape index (κ3) is 5.36. The average molecular weight is 385 g/mol. The molecular formula is C21H27N3O4. The van der Waals surface area contributed by atoms with E-state index in [1.807, 2.05) is 18.2 Å². The molecule has 150 valence electrons. The summed E-state index contributed by atoms with van der Waals surface area (Å²) < 4.78 is 16.1. The molecule has 0 radical (unpaired) electrons. The zero-order valence-corrected chi connectivity index (χ0v) is 16.4. The molecule has 0 spiro atoms. The highest BCUT2D eigenvalue weighted by atomic mass is 16.5. The van der Waals surface area contributed by atoms with Crippen molar-refractivity contribution in [3.8, 4) is 11.5 Å². The fourth-order valence-corrected chi connectivity index (χ4v) is 3.15.